The Bertz CT molecular complexity index is 850. The molecule has 0 saturated heterocycles. The van der Waals surface area contributed by atoms with E-state index in [1.54, 1.807) is 0 Å². The molecule has 0 saturated carbocycles. The molecule has 1 amide bonds. The number of phenols is 1. The van der Waals surface area contributed by atoms with Gasteiger partial charge >= 0.3 is 12.1 Å². The molecule has 0 aliphatic heterocycles. The quantitative estimate of drug-likeness (QED) is 0.696. The van der Waals surface area contributed by atoms with Gasteiger partial charge in [-0.2, -0.15) is 13.2 Å². The molecule has 0 fully saturated rings. The minimum atomic E-state index is -4.66. The van der Waals surface area contributed by atoms with Crippen LogP contribution in [0.1, 0.15) is 35.3 Å². The van der Waals surface area contributed by atoms with Crippen LogP contribution in [0.5, 0.6) is 11.5 Å². The molecule has 9 heteroatoms. The number of aromatic carboxylic acids is 1. The van der Waals surface area contributed by atoms with Crippen LogP contribution in [0.25, 0.3) is 0 Å². The number of carboxylic acid groups (broad SMARTS) is 1. The number of carbonyl (C=O) groups excluding carboxylic acids is 1. The maximum Gasteiger partial charge on any atom is 0.416 e. The van der Waals surface area contributed by atoms with Gasteiger partial charge in [0.25, 0.3) is 0 Å². The second-order valence-corrected chi connectivity index (χ2v) is 5.28. The Kier molecular flexibility index (Phi) is 7.85. The van der Waals surface area contributed by atoms with Crippen LogP contribution in [0.4, 0.5) is 18.9 Å². The average molecular weight is 399 g/mol. The van der Waals surface area contributed by atoms with Crippen molar-refractivity contribution in [2.45, 2.75) is 26.4 Å². The second-order valence-electron chi connectivity index (χ2n) is 5.28. The number of rotatable bonds is 5. The van der Waals surface area contributed by atoms with Crippen LogP contribution < -0.4 is 10.1 Å². The first-order valence-electron chi connectivity index (χ1n) is 8.22. The van der Waals surface area contributed by atoms with Crippen LogP contribution in [-0.4, -0.2) is 29.2 Å². The van der Waals surface area contributed by atoms with E-state index in [0.717, 1.165) is 24.3 Å². The number of carboxylic acids is 1. The Morgan fingerprint density at radius 2 is 1.75 bits per heavy atom. The maximum atomic E-state index is 13.1. The molecule has 0 unspecified atom stereocenters. The summed E-state index contributed by atoms with van der Waals surface area (Å²) < 4.78 is 44.2. The van der Waals surface area contributed by atoms with Crippen molar-refractivity contribution in [1.29, 1.82) is 0 Å². The van der Waals surface area contributed by atoms with Gasteiger partial charge in [0.2, 0.25) is 5.91 Å². The largest absolute Gasteiger partial charge is 0.507 e. The number of alkyl halides is 3. The van der Waals surface area contributed by atoms with Crippen molar-refractivity contribution in [1.82, 2.24) is 0 Å². The zero-order valence-electron chi connectivity index (χ0n) is 15.4. The molecular weight excluding hydrogens is 379 g/mol. The Morgan fingerprint density at radius 1 is 1.11 bits per heavy atom. The number of halogens is 3. The SMILES string of the molecule is CC.COc1ccc(CC(=O)Nc2ccc(C(=O)O)c(O)c2)c(C(F)(F)F)c1. The number of aromatic hydroxyl groups is 1. The van der Waals surface area contributed by atoms with Gasteiger partial charge in [0.1, 0.15) is 17.1 Å². The number of benzene rings is 2. The third-order valence-corrected chi connectivity index (χ3v) is 3.49. The van der Waals surface area contributed by atoms with E-state index in [-0.39, 0.29) is 22.6 Å². The smallest absolute Gasteiger partial charge is 0.416 e. The van der Waals surface area contributed by atoms with E-state index in [1.165, 1.54) is 19.2 Å². The van der Waals surface area contributed by atoms with E-state index in [1.807, 2.05) is 13.8 Å². The summed E-state index contributed by atoms with van der Waals surface area (Å²) >= 11 is 0. The first-order valence-corrected chi connectivity index (χ1v) is 8.22. The number of carbonyl (C=O) groups is 2. The Labute approximate surface area is 159 Å². The van der Waals surface area contributed by atoms with Crippen LogP contribution in [0.3, 0.4) is 0 Å². The predicted molar refractivity (Wildman–Crippen MR) is 96.7 cm³/mol. The molecular formula is C19H20F3NO5. The zero-order valence-corrected chi connectivity index (χ0v) is 15.4. The first kappa shape index (κ1) is 22.8. The number of anilines is 1. The molecule has 2 aromatic carbocycles. The Hall–Kier alpha value is -3.23. The molecule has 6 nitrogen and oxygen atoms in total. The number of nitrogens with one attached hydrogen (secondary N) is 1. The molecule has 152 valence electrons. The lowest BCUT2D eigenvalue weighted by atomic mass is 10.0. The Balaban J connectivity index is 0.00000190. The minimum Gasteiger partial charge on any atom is -0.507 e. The molecule has 0 aliphatic rings. The van der Waals surface area contributed by atoms with Gasteiger partial charge in [-0.25, -0.2) is 4.79 Å². The summed E-state index contributed by atoms with van der Waals surface area (Å²) in [4.78, 5) is 22.9. The van der Waals surface area contributed by atoms with Crippen LogP contribution in [-0.2, 0) is 17.4 Å². The fourth-order valence-corrected chi connectivity index (χ4v) is 2.27. The molecule has 0 spiro atoms. The number of amides is 1. The fourth-order valence-electron chi connectivity index (χ4n) is 2.27. The summed E-state index contributed by atoms with van der Waals surface area (Å²) in [6, 6.07) is 6.55. The van der Waals surface area contributed by atoms with Crippen molar-refractivity contribution in [3.8, 4) is 11.5 Å². The van der Waals surface area contributed by atoms with Gasteiger partial charge in [0.05, 0.1) is 19.1 Å². The first-order chi connectivity index (χ1) is 13.1. The summed E-state index contributed by atoms with van der Waals surface area (Å²) in [5, 5.41) is 20.7. The zero-order chi connectivity index (χ0) is 21.5. The van der Waals surface area contributed by atoms with Crippen molar-refractivity contribution in [3.05, 3.63) is 53.1 Å². The Morgan fingerprint density at radius 3 is 2.25 bits per heavy atom. The number of hydrogen-bond acceptors (Lipinski definition) is 4. The molecule has 0 radical (unpaired) electrons. The van der Waals surface area contributed by atoms with E-state index in [2.05, 4.69) is 5.32 Å². The third-order valence-electron chi connectivity index (χ3n) is 3.49. The summed E-state index contributed by atoms with van der Waals surface area (Å²) in [6.45, 7) is 4.00. The molecule has 2 aromatic rings. The van der Waals surface area contributed by atoms with Crippen LogP contribution in [0.15, 0.2) is 36.4 Å². The highest BCUT2D eigenvalue weighted by molar-refractivity contribution is 5.95. The van der Waals surface area contributed by atoms with E-state index >= 15 is 0 Å². The number of methoxy groups -OCH3 is 1. The van der Waals surface area contributed by atoms with Crippen LogP contribution >= 0.6 is 0 Å². The van der Waals surface area contributed by atoms with Gasteiger partial charge in [0, 0.05) is 11.8 Å². The van der Waals surface area contributed by atoms with Gasteiger partial charge in [0.15, 0.2) is 0 Å². The molecule has 3 N–H and O–H groups in total. The highest BCUT2D eigenvalue weighted by Crippen LogP contribution is 2.34. The van der Waals surface area contributed by atoms with E-state index in [4.69, 9.17) is 9.84 Å². The normalized spacial score (nSPS) is 10.5. The van der Waals surface area contributed by atoms with Crippen molar-refractivity contribution >= 4 is 17.6 Å². The van der Waals surface area contributed by atoms with Gasteiger partial charge in [-0.15, -0.1) is 0 Å². The average Bonchev–Trinajstić information content (AvgIpc) is 2.62. The van der Waals surface area contributed by atoms with E-state index in [9.17, 15) is 27.9 Å². The monoisotopic (exact) mass is 399 g/mol. The number of hydrogen-bond donors (Lipinski definition) is 3. The predicted octanol–water partition coefficient (Wildman–Crippen LogP) is 4.33. The van der Waals surface area contributed by atoms with Gasteiger partial charge in [-0.3, -0.25) is 4.79 Å². The molecule has 28 heavy (non-hydrogen) atoms. The molecule has 0 atom stereocenters. The van der Waals surface area contributed by atoms with E-state index in [0.29, 0.717) is 0 Å². The van der Waals surface area contributed by atoms with Crippen LogP contribution in [0.2, 0.25) is 0 Å². The fraction of sp³-hybridized carbons (Fsp3) is 0.263. The van der Waals surface area contributed by atoms with Gasteiger partial charge in [-0.05, 0) is 29.8 Å². The summed E-state index contributed by atoms with van der Waals surface area (Å²) in [7, 11) is 1.23. The topological polar surface area (TPSA) is 95.9 Å². The van der Waals surface area contributed by atoms with Crippen molar-refractivity contribution in [3.63, 3.8) is 0 Å². The lowest BCUT2D eigenvalue weighted by Gasteiger charge is -2.14. The lowest BCUT2D eigenvalue weighted by Crippen LogP contribution is -2.18. The van der Waals surface area contributed by atoms with Gasteiger partial charge in [-0.1, -0.05) is 19.9 Å². The maximum absolute atomic E-state index is 13.1. The summed E-state index contributed by atoms with van der Waals surface area (Å²) in [5.41, 5.74) is -1.55. The van der Waals surface area contributed by atoms with Crippen molar-refractivity contribution in [2.75, 3.05) is 12.4 Å². The molecule has 0 bridgehead atoms. The molecule has 2 rings (SSSR count). The standard InChI is InChI=1S/C17H14F3NO5.C2H6/c1-26-11-4-2-9(13(8-11)17(18,19)20)6-15(23)21-10-3-5-12(16(24)25)14(22)7-10;1-2/h2-5,7-8,22H,6H2,1H3,(H,21,23)(H,24,25);1-2H3. The number of ether oxygens (including phenoxy) is 1. The molecule has 0 aromatic heterocycles. The molecule has 0 heterocycles. The van der Waals surface area contributed by atoms with E-state index < -0.39 is 35.8 Å². The summed E-state index contributed by atoms with van der Waals surface area (Å²) in [6.07, 6.45) is -5.23. The van der Waals surface area contributed by atoms with Crippen molar-refractivity contribution in [2.24, 2.45) is 0 Å². The highest BCUT2D eigenvalue weighted by Gasteiger charge is 2.34. The van der Waals surface area contributed by atoms with Crippen molar-refractivity contribution < 1.29 is 37.7 Å². The third kappa shape index (κ3) is 5.90. The van der Waals surface area contributed by atoms with Gasteiger partial charge < -0.3 is 20.3 Å². The molecule has 0 aliphatic carbocycles. The summed E-state index contributed by atoms with van der Waals surface area (Å²) in [5.74, 6) is -2.68. The minimum absolute atomic E-state index is 0.00987. The lowest BCUT2D eigenvalue weighted by molar-refractivity contribution is -0.138. The second kappa shape index (κ2) is 9.63. The van der Waals surface area contributed by atoms with Crippen LogP contribution in [0, 0.1) is 0 Å². The highest BCUT2D eigenvalue weighted by atomic mass is 19.4.